The van der Waals surface area contributed by atoms with E-state index in [0.717, 1.165) is 161 Å². The molecule has 4 N–H and O–H groups in total. The summed E-state index contributed by atoms with van der Waals surface area (Å²) in [4.78, 5) is 58.5. The van der Waals surface area contributed by atoms with Crippen LogP contribution >= 0.6 is 15.6 Å². The molecule has 5 atom stereocenters. The predicted octanol–water partition coefficient (Wildman–Crippen LogP) is 20.4. The van der Waals surface area contributed by atoms with E-state index in [-0.39, 0.29) is 19.3 Å². The first-order valence-electron chi connectivity index (χ1n) is 35.7. The van der Waals surface area contributed by atoms with Crippen molar-refractivity contribution in [3.8, 4) is 0 Å². The number of carbonyl (C=O) groups excluding carboxylic acids is 3. The van der Waals surface area contributed by atoms with Crippen LogP contribution in [-0.4, -0.2) is 95.9 Å². The lowest BCUT2D eigenvalue weighted by Crippen LogP contribution is -2.30. The highest BCUT2D eigenvalue weighted by molar-refractivity contribution is 7.47. The summed E-state index contributed by atoms with van der Waals surface area (Å²) in [5, 5.41) is 20.6. The molecule has 0 bridgehead atoms. The second-order valence-electron chi connectivity index (χ2n) is 22.9. The van der Waals surface area contributed by atoms with Gasteiger partial charge in [0.05, 0.1) is 26.4 Å². The van der Waals surface area contributed by atoms with Crippen molar-refractivity contribution in [1.82, 2.24) is 0 Å². The van der Waals surface area contributed by atoms with Crippen molar-refractivity contribution in [3.63, 3.8) is 0 Å². The van der Waals surface area contributed by atoms with Gasteiger partial charge in [0.25, 0.3) is 0 Å². The SMILES string of the molecule is CC/C=C\C/C=C\C/C=C\C/C=C\C/C=C\C/C=C\CCCCC(=O)OCC(COP(=O)(O)OCC(O)COP(=O)(O)OCC(O)COC(=O)CCCCCCCCC/C=C\C/C=C\C/C=C\C/C=C\C/C=C\CC)OC(=O)CCC/C=C\C/C=C\C/C=C\C/C=C\C/C=C\CC. The highest BCUT2D eigenvalue weighted by Crippen LogP contribution is 2.45. The van der Waals surface area contributed by atoms with E-state index in [0.29, 0.717) is 25.7 Å². The fraction of sp³-hybridized carbons (Fsp3) is 0.557. The summed E-state index contributed by atoms with van der Waals surface area (Å²) in [5.74, 6) is -1.73. The average Bonchev–Trinajstić information content (AvgIpc) is 1.65. The van der Waals surface area contributed by atoms with Crippen LogP contribution < -0.4 is 0 Å². The van der Waals surface area contributed by atoms with E-state index in [1.54, 1.807) is 0 Å². The van der Waals surface area contributed by atoms with Crippen LogP contribution in [0.15, 0.2) is 194 Å². The Bertz CT molecular complexity index is 2540. The molecule has 0 saturated heterocycles. The molecule has 0 radical (unpaired) electrons. The predicted molar refractivity (Wildman–Crippen MR) is 398 cm³/mol. The fourth-order valence-corrected chi connectivity index (χ4v) is 10.0. The van der Waals surface area contributed by atoms with Crippen molar-refractivity contribution in [2.45, 2.75) is 245 Å². The van der Waals surface area contributed by atoms with Gasteiger partial charge < -0.3 is 34.2 Å². The molecule has 0 aromatic rings. The summed E-state index contributed by atoms with van der Waals surface area (Å²) in [5.41, 5.74) is 0. The maximum atomic E-state index is 12.9. The molecule has 546 valence electrons. The van der Waals surface area contributed by atoms with Crippen LogP contribution in [0.5, 0.6) is 0 Å². The number of hydrogen-bond acceptors (Lipinski definition) is 14. The van der Waals surface area contributed by atoms with E-state index in [9.17, 15) is 43.5 Å². The summed E-state index contributed by atoms with van der Waals surface area (Å²) in [7, 11) is -9.84. The second kappa shape index (κ2) is 70.3. The van der Waals surface area contributed by atoms with Crippen molar-refractivity contribution >= 4 is 33.6 Å². The maximum absolute atomic E-state index is 12.9. The lowest BCUT2D eigenvalue weighted by molar-refractivity contribution is -0.161. The molecule has 0 aliphatic rings. The smallest absolute Gasteiger partial charge is 0.463 e. The molecule has 18 heteroatoms. The minimum absolute atomic E-state index is 0.00718. The van der Waals surface area contributed by atoms with Gasteiger partial charge in [-0.3, -0.25) is 32.5 Å². The standard InChI is InChI=1S/C79H124O16P2/c1-4-7-10-13-16-19-22-25-28-31-33-35-36-38-40-42-44-47-50-53-56-59-62-65-77(82)89-68-74(80)69-91-96(85,86)92-70-75(81)71-93-97(87,88)94-73-76(95-79(84)67-64-61-58-55-52-49-46-41-30-27-24-21-18-15-12-9-6-3)72-90-78(83)66-63-60-57-54-51-48-45-43-39-37-34-32-29-26-23-20-17-14-11-8-5-2/h7-12,16-21,25-30,33-35,37-38,40,43,45-46,49,51,54-55,58,74-76,80-81H,4-6,13-15,22-24,31-32,36,39,41-42,44,47-48,50,52-53,56-57,59-73H2,1-3H3,(H,85,86)(H,87,88)/b10-7-,11-8-,12-9-,19-16-,20-17-,21-18-,28-25-,29-26-,30-27-,35-33-,37-34-,40-38-,45-43-,49-46-,54-51-,58-55-. The number of phosphoric acid groups is 2. The summed E-state index contributed by atoms with van der Waals surface area (Å²) in [6, 6.07) is 0. The summed E-state index contributed by atoms with van der Waals surface area (Å²) in [6.45, 7) is 2.15. The van der Waals surface area contributed by atoms with E-state index < -0.39 is 91.5 Å². The Labute approximate surface area is 585 Å². The molecular formula is C79H124O16P2. The highest BCUT2D eigenvalue weighted by Gasteiger charge is 2.29. The largest absolute Gasteiger partial charge is 0.472 e. The lowest BCUT2D eigenvalue weighted by atomic mass is 10.1. The number of ether oxygens (including phenoxy) is 3. The Balaban J connectivity index is 4.79. The van der Waals surface area contributed by atoms with E-state index in [4.69, 9.17) is 32.3 Å². The molecule has 0 aromatic heterocycles. The van der Waals surface area contributed by atoms with E-state index in [2.05, 4.69) is 203 Å². The van der Waals surface area contributed by atoms with Crippen LogP contribution in [0.4, 0.5) is 0 Å². The zero-order valence-electron chi connectivity index (χ0n) is 59.2. The molecule has 0 fully saturated rings. The molecule has 0 aromatic carbocycles. The van der Waals surface area contributed by atoms with Gasteiger partial charge in [0.2, 0.25) is 0 Å². The topological polar surface area (TPSA) is 231 Å². The van der Waals surface area contributed by atoms with E-state index >= 15 is 0 Å². The van der Waals surface area contributed by atoms with Gasteiger partial charge in [-0.15, -0.1) is 0 Å². The maximum Gasteiger partial charge on any atom is 0.472 e. The van der Waals surface area contributed by atoms with Crippen molar-refractivity contribution in [3.05, 3.63) is 194 Å². The van der Waals surface area contributed by atoms with Gasteiger partial charge in [-0.1, -0.05) is 247 Å². The van der Waals surface area contributed by atoms with Crippen LogP contribution in [0.1, 0.15) is 226 Å². The first-order chi connectivity index (χ1) is 47.2. The quantitative estimate of drug-likeness (QED) is 0.0146. The number of esters is 3. The Hall–Kier alpha value is -5.61. The molecule has 0 spiro atoms. The monoisotopic (exact) mass is 1390 g/mol. The molecule has 0 heterocycles. The Morgan fingerprint density at radius 1 is 0.289 bits per heavy atom. The van der Waals surface area contributed by atoms with Gasteiger partial charge in [0.15, 0.2) is 6.10 Å². The van der Waals surface area contributed by atoms with Crippen molar-refractivity contribution in [1.29, 1.82) is 0 Å². The van der Waals surface area contributed by atoms with Crippen LogP contribution in [0.25, 0.3) is 0 Å². The Morgan fingerprint density at radius 3 is 0.866 bits per heavy atom. The number of carbonyl (C=O) groups is 3. The number of aliphatic hydroxyl groups is 2. The fourth-order valence-electron chi connectivity index (χ4n) is 8.46. The van der Waals surface area contributed by atoms with Gasteiger partial charge in [0.1, 0.15) is 25.4 Å². The highest BCUT2D eigenvalue weighted by atomic mass is 31.2. The van der Waals surface area contributed by atoms with Gasteiger partial charge in [-0.2, -0.15) is 0 Å². The summed E-state index contributed by atoms with van der Waals surface area (Å²) in [6.07, 6.45) is 90.6. The van der Waals surface area contributed by atoms with Gasteiger partial charge in [-0.05, 0) is 154 Å². The zero-order chi connectivity index (χ0) is 70.9. The number of rotatable bonds is 65. The molecule has 0 aliphatic heterocycles. The molecule has 97 heavy (non-hydrogen) atoms. The number of allylic oxidation sites excluding steroid dienone is 32. The van der Waals surface area contributed by atoms with Gasteiger partial charge >= 0.3 is 33.6 Å². The number of unbranched alkanes of at least 4 members (excludes halogenated alkanes) is 10. The Morgan fingerprint density at radius 2 is 0.526 bits per heavy atom. The number of phosphoric ester groups is 2. The molecule has 16 nitrogen and oxygen atoms in total. The lowest BCUT2D eigenvalue weighted by Gasteiger charge is -2.21. The molecule has 0 aliphatic carbocycles. The van der Waals surface area contributed by atoms with Crippen LogP contribution in [0.3, 0.4) is 0 Å². The third-order valence-electron chi connectivity index (χ3n) is 13.8. The van der Waals surface area contributed by atoms with Crippen molar-refractivity contribution in [2.75, 3.05) is 39.6 Å². The van der Waals surface area contributed by atoms with Crippen molar-refractivity contribution < 1.29 is 75.8 Å². The molecule has 0 amide bonds. The Kier molecular flexibility index (Phi) is 66.2. The van der Waals surface area contributed by atoms with Gasteiger partial charge in [0, 0.05) is 19.3 Å². The third-order valence-corrected chi connectivity index (χ3v) is 15.7. The second-order valence-corrected chi connectivity index (χ2v) is 25.8. The summed E-state index contributed by atoms with van der Waals surface area (Å²) >= 11 is 0. The van der Waals surface area contributed by atoms with Crippen LogP contribution in [-0.2, 0) is 55.8 Å². The average molecular weight is 1390 g/mol. The summed E-state index contributed by atoms with van der Waals surface area (Å²) < 4.78 is 60.9. The molecule has 0 rings (SSSR count). The van der Waals surface area contributed by atoms with Crippen LogP contribution in [0, 0.1) is 0 Å². The number of aliphatic hydroxyl groups excluding tert-OH is 2. The minimum Gasteiger partial charge on any atom is -0.463 e. The molecular weight excluding hydrogens is 1270 g/mol. The third kappa shape index (κ3) is 71.5. The van der Waals surface area contributed by atoms with Gasteiger partial charge in [-0.25, -0.2) is 9.13 Å². The van der Waals surface area contributed by atoms with Crippen molar-refractivity contribution in [2.24, 2.45) is 0 Å². The molecule has 0 saturated carbocycles. The molecule has 5 unspecified atom stereocenters. The normalized spacial score (nSPS) is 15.2. The first-order valence-corrected chi connectivity index (χ1v) is 38.7. The number of hydrogen-bond donors (Lipinski definition) is 4. The van der Waals surface area contributed by atoms with E-state index in [1.807, 2.05) is 12.2 Å². The van der Waals surface area contributed by atoms with E-state index in [1.165, 1.54) is 0 Å². The zero-order valence-corrected chi connectivity index (χ0v) is 60.9. The first kappa shape index (κ1) is 91.4. The van der Waals surface area contributed by atoms with Crippen LogP contribution in [0.2, 0.25) is 0 Å². The minimum atomic E-state index is -4.96.